The quantitative estimate of drug-likeness (QED) is 0.186. The molecule has 0 amide bonds. The molecule has 0 aliphatic heterocycles. The molecule has 0 heterocycles. The highest BCUT2D eigenvalue weighted by molar-refractivity contribution is 7.98. The second-order valence-electron chi connectivity index (χ2n) is 4.78. The molecule has 6 N–H and O–H groups in total. The number of carbonyl (C=O) groups is 3. The van der Waals surface area contributed by atoms with Gasteiger partial charge in [0.1, 0.15) is 0 Å². The van der Waals surface area contributed by atoms with Crippen molar-refractivity contribution in [3.63, 3.8) is 0 Å². The second-order valence-corrected chi connectivity index (χ2v) is 6.54. The maximum Gasteiger partial charge on any atom is 0.377 e. The van der Waals surface area contributed by atoms with Gasteiger partial charge in [0, 0.05) is 15.4 Å². The summed E-state index contributed by atoms with van der Waals surface area (Å²) in [5.74, 6) is 4.93. The fourth-order valence-corrected chi connectivity index (χ4v) is 2.60. The Balaban J connectivity index is 0.000000460. The van der Waals surface area contributed by atoms with Gasteiger partial charge < -0.3 is 10.2 Å². The zero-order chi connectivity index (χ0) is 20.8. The number of hydrogen-bond donors (Lipinski definition) is 4. The van der Waals surface area contributed by atoms with Gasteiger partial charge in [-0.3, -0.25) is 21.3 Å². The van der Waals surface area contributed by atoms with Crippen LogP contribution in [-0.2, 0) is 16.0 Å². The summed E-state index contributed by atoms with van der Waals surface area (Å²) in [4.78, 5) is 33.7. The molecule has 0 aliphatic rings. The first kappa shape index (κ1) is 24.7. The predicted molar refractivity (Wildman–Crippen MR) is 108 cm³/mol. The molecule has 27 heavy (non-hydrogen) atoms. The first-order valence-electron chi connectivity index (χ1n) is 7.47. The molecule has 0 atom stereocenters. The van der Waals surface area contributed by atoms with Gasteiger partial charge in [-0.25, -0.2) is 4.79 Å². The summed E-state index contributed by atoms with van der Waals surface area (Å²) in [5.41, 5.74) is 1.06. The Morgan fingerprint density at radius 1 is 0.815 bits per heavy atom. The van der Waals surface area contributed by atoms with E-state index in [9.17, 15) is 14.4 Å². The molecule has 9 heteroatoms. The van der Waals surface area contributed by atoms with E-state index < -0.39 is 17.7 Å². The van der Waals surface area contributed by atoms with Crippen LogP contribution in [0.3, 0.4) is 0 Å². The molecule has 2 aromatic rings. The van der Waals surface area contributed by atoms with Crippen LogP contribution in [0, 0.1) is 0 Å². The van der Waals surface area contributed by atoms with Crippen LogP contribution in [0.1, 0.15) is 15.9 Å². The molecule has 0 bridgehead atoms. The molecular weight excluding hydrogens is 388 g/mol. The Labute approximate surface area is 166 Å². The smallest absolute Gasteiger partial charge is 0.377 e. The molecule has 2 aromatic carbocycles. The van der Waals surface area contributed by atoms with Gasteiger partial charge in [-0.2, -0.15) is 0 Å². The van der Waals surface area contributed by atoms with Crippen molar-refractivity contribution in [3.05, 3.63) is 59.7 Å². The maximum atomic E-state index is 10.9. The third-order valence-electron chi connectivity index (χ3n) is 3.06. The van der Waals surface area contributed by atoms with E-state index in [1.165, 1.54) is 23.9 Å². The Morgan fingerprint density at radius 3 is 1.56 bits per heavy atom. The largest absolute Gasteiger partial charge is 0.481 e. The molecule has 0 aromatic heterocycles. The van der Waals surface area contributed by atoms with E-state index in [4.69, 9.17) is 10.2 Å². The van der Waals surface area contributed by atoms with Crippen molar-refractivity contribution >= 4 is 41.2 Å². The number of ketones is 1. The SMILES string of the molecule is CSc1ccc(C(=O)C(=O)O)cc1.CSc1ccc(CC(=O)O)cc1.NN. The Hall–Kier alpha value is -2.33. The summed E-state index contributed by atoms with van der Waals surface area (Å²) in [6.07, 6.45) is 4.01. The van der Waals surface area contributed by atoms with Crippen LogP contribution in [-0.4, -0.2) is 40.4 Å². The van der Waals surface area contributed by atoms with Crippen molar-refractivity contribution in [3.8, 4) is 0 Å². The van der Waals surface area contributed by atoms with Crippen LogP contribution >= 0.6 is 23.5 Å². The number of Topliss-reactive ketones (excluding diaryl/α,β-unsaturated/α-hetero) is 1. The molecule has 0 unspecified atom stereocenters. The third kappa shape index (κ3) is 9.80. The first-order valence-corrected chi connectivity index (χ1v) is 9.92. The Bertz CT molecular complexity index is 734. The lowest BCUT2D eigenvalue weighted by atomic mass is 10.1. The maximum absolute atomic E-state index is 10.9. The minimum atomic E-state index is -1.42. The fraction of sp³-hybridized carbons (Fsp3) is 0.167. The minimum Gasteiger partial charge on any atom is -0.481 e. The van der Waals surface area contributed by atoms with Crippen LogP contribution in [0.2, 0.25) is 0 Å². The highest BCUT2D eigenvalue weighted by Crippen LogP contribution is 2.15. The standard InChI is InChI=1S/C9H8O3S.C9H10O2S.H4N2/c1-13-7-4-2-6(3-5-7)8(10)9(11)12;1-12-8-4-2-7(3-5-8)6-9(10)11;1-2/h2-5H,1H3,(H,11,12);2-5H,6H2,1H3,(H,10,11);1-2H2. The summed E-state index contributed by atoms with van der Waals surface area (Å²) in [6.45, 7) is 0. The molecule has 0 saturated heterocycles. The summed E-state index contributed by atoms with van der Waals surface area (Å²) in [6, 6.07) is 14.0. The second kappa shape index (κ2) is 13.8. The average molecular weight is 411 g/mol. The van der Waals surface area contributed by atoms with E-state index in [1.54, 1.807) is 23.9 Å². The monoisotopic (exact) mass is 410 g/mol. The van der Waals surface area contributed by atoms with Crippen molar-refractivity contribution in [1.29, 1.82) is 0 Å². The van der Waals surface area contributed by atoms with E-state index in [1.807, 2.05) is 36.8 Å². The van der Waals surface area contributed by atoms with Gasteiger partial charge in [0.05, 0.1) is 6.42 Å². The Kier molecular flexibility index (Phi) is 12.6. The van der Waals surface area contributed by atoms with Crippen molar-refractivity contribution in [2.75, 3.05) is 12.5 Å². The minimum absolute atomic E-state index is 0.106. The molecule has 0 aliphatic carbocycles. The number of hydrogen-bond acceptors (Lipinski definition) is 7. The van der Waals surface area contributed by atoms with Gasteiger partial charge in [-0.05, 0) is 54.5 Å². The zero-order valence-corrected chi connectivity index (χ0v) is 16.5. The molecule has 0 saturated carbocycles. The molecule has 0 spiro atoms. The number of aliphatic carboxylic acids is 2. The number of rotatable bonds is 6. The van der Waals surface area contributed by atoms with E-state index in [2.05, 4.69) is 11.7 Å². The van der Waals surface area contributed by atoms with E-state index in [0.717, 1.165) is 15.4 Å². The number of carboxylic acid groups (broad SMARTS) is 2. The highest BCUT2D eigenvalue weighted by Gasteiger charge is 2.13. The summed E-state index contributed by atoms with van der Waals surface area (Å²) in [7, 11) is 0. The topological polar surface area (TPSA) is 144 Å². The van der Waals surface area contributed by atoms with Gasteiger partial charge >= 0.3 is 11.9 Å². The Morgan fingerprint density at radius 2 is 1.22 bits per heavy atom. The van der Waals surface area contributed by atoms with Gasteiger partial charge in [0.2, 0.25) is 0 Å². The fourth-order valence-electron chi connectivity index (χ4n) is 1.78. The van der Waals surface area contributed by atoms with Gasteiger partial charge in [0.25, 0.3) is 5.78 Å². The number of thioether (sulfide) groups is 2. The molecule has 7 nitrogen and oxygen atoms in total. The average Bonchev–Trinajstić information content (AvgIpc) is 2.69. The lowest BCUT2D eigenvalue weighted by molar-refractivity contribution is -0.136. The van der Waals surface area contributed by atoms with Crippen LogP contribution in [0.15, 0.2) is 58.3 Å². The molecule has 146 valence electrons. The molecule has 0 fully saturated rings. The first-order chi connectivity index (χ1) is 12.9. The predicted octanol–water partition coefficient (Wildman–Crippen LogP) is 2.53. The van der Waals surface area contributed by atoms with Gasteiger partial charge in [-0.15, -0.1) is 23.5 Å². The van der Waals surface area contributed by atoms with Crippen molar-refractivity contribution < 1.29 is 24.6 Å². The van der Waals surface area contributed by atoms with Crippen LogP contribution in [0.5, 0.6) is 0 Å². The van der Waals surface area contributed by atoms with Gasteiger partial charge in [0.15, 0.2) is 0 Å². The number of carboxylic acids is 2. The highest BCUT2D eigenvalue weighted by atomic mass is 32.2. The summed E-state index contributed by atoms with van der Waals surface area (Å²) in [5, 5.41) is 16.9. The van der Waals surface area contributed by atoms with Crippen LogP contribution < -0.4 is 11.7 Å². The number of nitrogens with two attached hydrogens (primary N) is 2. The number of benzene rings is 2. The van der Waals surface area contributed by atoms with Crippen LogP contribution in [0.25, 0.3) is 0 Å². The van der Waals surface area contributed by atoms with Crippen molar-refractivity contribution in [2.45, 2.75) is 16.2 Å². The van der Waals surface area contributed by atoms with E-state index in [0.29, 0.717) is 0 Å². The molecule has 2 rings (SSSR count). The van der Waals surface area contributed by atoms with Crippen molar-refractivity contribution in [1.82, 2.24) is 0 Å². The lowest BCUT2D eigenvalue weighted by Gasteiger charge is -1.98. The van der Waals surface area contributed by atoms with Crippen LogP contribution in [0.4, 0.5) is 0 Å². The van der Waals surface area contributed by atoms with Gasteiger partial charge in [-0.1, -0.05) is 12.1 Å². The van der Waals surface area contributed by atoms with E-state index in [-0.39, 0.29) is 12.0 Å². The lowest BCUT2D eigenvalue weighted by Crippen LogP contribution is -2.12. The number of hydrazine groups is 1. The summed E-state index contributed by atoms with van der Waals surface area (Å²) < 4.78 is 0. The normalized spacial score (nSPS) is 9.19. The third-order valence-corrected chi connectivity index (χ3v) is 4.55. The van der Waals surface area contributed by atoms with E-state index >= 15 is 0 Å². The number of carbonyl (C=O) groups excluding carboxylic acids is 1. The molecule has 0 radical (unpaired) electrons. The van der Waals surface area contributed by atoms with Crippen molar-refractivity contribution in [2.24, 2.45) is 11.7 Å². The zero-order valence-electron chi connectivity index (χ0n) is 14.9. The summed E-state index contributed by atoms with van der Waals surface area (Å²) >= 11 is 3.19. The molecular formula is C18H22N2O5S2.